The number of rotatable bonds is 7. The molecule has 8 heteroatoms. The van der Waals surface area contributed by atoms with Crippen LogP contribution in [0.3, 0.4) is 0 Å². The summed E-state index contributed by atoms with van der Waals surface area (Å²) < 4.78 is 7.35. The van der Waals surface area contributed by atoms with E-state index in [-0.39, 0.29) is 48.0 Å². The Morgan fingerprint density at radius 2 is 1.52 bits per heavy atom. The number of fused-ring (bicyclic) bond motifs is 5. The number of esters is 1. The third kappa shape index (κ3) is 4.56. The number of nitrogens with zero attached hydrogens (tertiary/aromatic N) is 1. The van der Waals surface area contributed by atoms with Crippen LogP contribution in [0.25, 0.3) is 20.9 Å². The molecule has 3 aromatic carbocycles. The molecule has 1 aliphatic heterocycles. The van der Waals surface area contributed by atoms with Crippen LogP contribution in [0.5, 0.6) is 0 Å². The summed E-state index contributed by atoms with van der Waals surface area (Å²) in [6, 6.07) is 24.6. The van der Waals surface area contributed by atoms with Gasteiger partial charge in [-0.1, -0.05) is 107 Å². The fraction of sp³-hybridized carbons (Fsp3) is 0.519. The molecular weight excluding hydrogens is 767 g/mol. The molecule has 312 valence electrons. The molecule has 1 aromatic heterocycles. The molecule has 10 atom stereocenters. The molecule has 2 heterocycles. The van der Waals surface area contributed by atoms with Gasteiger partial charge in [-0.15, -0.1) is 11.3 Å². The van der Waals surface area contributed by atoms with Crippen LogP contribution in [0.1, 0.15) is 108 Å². The molecule has 5 fully saturated rings. The number of hydrogen-bond acceptors (Lipinski definition) is 7. The number of amides is 1. The summed E-state index contributed by atoms with van der Waals surface area (Å²) in [5, 5.41) is 28.0. The van der Waals surface area contributed by atoms with Crippen molar-refractivity contribution in [2.24, 2.45) is 44.3 Å². The third-order valence-corrected chi connectivity index (χ3v) is 20.1. The topological polar surface area (TPSA) is 104 Å². The number of aliphatic hydroxyl groups is 2. The molecule has 7 nitrogen and oxygen atoms in total. The van der Waals surface area contributed by atoms with Gasteiger partial charge in [0, 0.05) is 38.5 Å². The van der Waals surface area contributed by atoms with Gasteiger partial charge in [-0.25, -0.2) is 0 Å². The van der Waals surface area contributed by atoms with Crippen LogP contribution < -0.4 is 0 Å². The first-order valence-electron chi connectivity index (χ1n) is 22.3. The molecule has 7 aliphatic carbocycles. The SMILES string of the molecule is CC12CCC(C(=O)N(Cc3cccc4ccccc34)CC3(O)CCC4C56C=CC7(C=C5C(=O)c5cc8ccccc8s5)CC(O)CCC7(C)C6CCC43C)(OC1=O)C2(C)C. The van der Waals surface area contributed by atoms with Gasteiger partial charge in [0.2, 0.25) is 0 Å². The monoisotopic (exact) mass is 823 g/mol. The fourth-order valence-electron chi connectivity index (χ4n) is 15.0. The molecule has 12 rings (SSSR count). The number of hydrogen-bond donors (Lipinski definition) is 2. The van der Waals surface area contributed by atoms with E-state index in [0.29, 0.717) is 32.1 Å². The molecule has 4 aromatic rings. The minimum absolute atomic E-state index is 0.0631. The summed E-state index contributed by atoms with van der Waals surface area (Å²) in [5.41, 5.74) is -4.19. The number of ether oxygens (including phenoxy) is 1. The van der Waals surface area contributed by atoms with E-state index in [0.717, 1.165) is 62.6 Å². The highest BCUT2D eigenvalue weighted by Gasteiger charge is 2.78. The first-order chi connectivity index (χ1) is 28.5. The van der Waals surface area contributed by atoms with E-state index in [4.69, 9.17) is 4.74 Å². The second-order valence-corrected chi connectivity index (χ2v) is 22.3. The van der Waals surface area contributed by atoms with E-state index >= 15 is 9.59 Å². The highest BCUT2D eigenvalue weighted by Crippen LogP contribution is 2.78. The maximum Gasteiger partial charge on any atom is 0.313 e. The van der Waals surface area contributed by atoms with E-state index in [9.17, 15) is 15.0 Å². The molecular formula is C52H57NO6S. The molecule has 4 bridgehead atoms. The molecule has 10 unspecified atom stereocenters. The van der Waals surface area contributed by atoms with Crippen molar-refractivity contribution >= 4 is 49.9 Å². The van der Waals surface area contributed by atoms with Crippen molar-refractivity contribution in [2.75, 3.05) is 6.54 Å². The Hall–Kier alpha value is -4.11. The fourth-order valence-corrected chi connectivity index (χ4v) is 16.0. The predicted octanol–water partition coefficient (Wildman–Crippen LogP) is 9.98. The molecule has 2 N–H and O–H groups in total. The lowest BCUT2D eigenvalue weighted by Crippen LogP contribution is -2.67. The largest absolute Gasteiger partial charge is 0.448 e. The Morgan fingerprint density at radius 1 is 0.817 bits per heavy atom. The van der Waals surface area contributed by atoms with Gasteiger partial charge in [-0.3, -0.25) is 14.4 Å². The highest BCUT2D eigenvalue weighted by molar-refractivity contribution is 7.21. The van der Waals surface area contributed by atoms with E-state index in [1.807, 2.05) is 62.1 Å². The van der Waals surface area contributed by atoms with Crippen LogP contribution in [-0.4, -0.2) is 56.6 Å². The Labute approximate surface area is 356 Å². The minimum Gasteiger partial charge on any atom is -0.448 e. The number of carbonyl (C=O) groups excluding carboxylic acids is 3. The number of thiophene rings is 1. The lowest BCUT2D eigenvalue weighted by Gasteiger charge is -2.71. The molecule has 1 amide bonds. The zero-order valence-corrected chi connectivity index (χ0v) is 36.4. The molecule has 0 radical (unpaired) electrons. The molecule has 8 aliphatic rings. The summed E-state index contributed by atoms with van der Waals surface area (Å²) in [6.07, 6.45) is 12.6. The van der Waals surface area contributed by atoms with Crippen molar-refractivity contribution in [3.63, 3.8) is 0 Å². The van der Waals surface area contributed by atoms with Crippen LogP contribution in [0.15, 0.2) is 96.6 Å². The van der Waals surface area contributed by atoms with Gasteiger partial charge in [0.1, 0.15) is 0 Å². The first-order valence-corrected chi connectivity index (χ1v) is 23.2. The lowest BCUT2D eigenvalue weighted by molar-refractivity contribution is -0.187. The maximum atomic E-state index is 15.6. The van der Waals surface area contributed by atoms with Crippen molar-refractivity contribution in [3.05, 3.63) is 107 Å². The average Bonchev–Trinajstić information content (AvgIpc) is 3.89. The van der Waals surface area contributed by atoms with Crippen molar-refractivity contribution in [2.45, 2.75) is 116 Å². The number of carbonyl (C=O) groups is 3. The van der Waals surface area contributed by atoms with Crippen LogP contribution in [0.2, 0.25) is 0 Å². The van der Waals surface area contributed by atoms with E-state index in [1.165, 1.54) is 0 Å². The Kier molecular flexibility index (Phi) is 7.94. The summed E-state index contributed by atoms with van der Waals surface area (Å²) in [6.45, 7) is 11.0. The molecule has 4 saturated carbocycles. The normalized spacial score (nSPS) is 40.5. The minimum atomic E-state index is -1.33. The van der Waals surface area contributed by atoms with Gasteiger partial charge in [0.05, 0.1) is 28.5 Å². The summed E-state index contributed by atoms with van der Waals surface area (Å²) >= 11 is 1.55. The molecule has 2 spiro atoms. The lowest BCUT2D eigenvalue weighted by atomic mass is 9.32. The Bertz CT molecular complexity index is 2570. The number of aliphatic hydroxyl groups excluding tert-OH is 1. The molecule has 60 heavy (non-hydrogen) atoms. The van der Waals surface area contributed by atoms with Gasteiger partial charge in [0.15, 0.2) is 11.4 Å². The van der Waals surface area contributed by atoms with Crippen molar-refractivity contribution in [1.82, 2.24) is 4.90 Å². The van der Waals surface area contributed by atoms with Crippen molar-refractivity contribution in [1.29, 1.82) is 0 Å². The summed E-state index contributed by atoms with van der Waals surface area (Å²) in [5.74, 6) is -0.391. The zero-order chi connectivity index (χ0) is 41.9. The van der Waals surface area contributed by atoms with Gasteiger partial charge in [-0.05, 0) is 116 Å². The third-order valence-electron chi connectivity index (χ3n) is 19.0. The van der Waals surface area contributed by atoms with Crippen LogP contribution in [0, 0.1) is 44.3 Å². The van der Waals surface area contributed by atoms with Crippen molar-refractivity contribution in [3.8, 4) is 0 Å². The van der Waals surface area contributed by atoms with Crippen LogP contribution in [-0.2, 0) is 20.9 Å². The predicted molar refractivity (Wildman–Crippen MR) is 234 cm³/mol. The number of benzene rings is 3. The number of Topliss-reactive ketones (excluding diaryl/α,β-unsaturated/α-hetero) is 1. The zero-order valence-electron chi connectivity index (χ0n) is 35.6. The van der Waals surface area contributed by atoms with E-state index < -0.39 is 44.4 Å². The molecule has 1 saturated heterocycles. The second kappa shape index (κ2) is 12.3. The first kappa shape index (κ1) is 38.8. The Balaban J connectivity index is 1.02. The number of ketones is 1. The van der Waals surface area contributed by atoms with E-state index in [1.54, 1.807) is 11.3 Å². The second-order valence-electron chi connectivity index (χ2n) is 21.3. The van der Waals surface area contributed by atoms with E-state index in [2.05, 4.69) is 68.5 Å². The Morgan fingerprint density at radius 3 is 2.27 bits per heavy atom. The van der Waals surface area contributed by atoms with Crippen LogP contribution in [0.4, 0.5) is 0 Å². The van der Waals surface area contributed by atoms with Crippen LogP contribution >= 0.6 is 11.3 Å². The van der Waals surface area contributed by atoms with Gasteiger partial charge >= 0.3 is 5.97 Å². The van der Waals surface area contributed by atoms with Gasteiger partial charge in [0.25, 0.3) is 5.91 Å². The van der Waals surface area contributed by atoms with Gasteiger partial charge < -0.3 is 19.8 Å². The summed E-state index contributed by atoms with van der Waals surface area (Å²) in [7, 11) is 0. The maximum absolute atomic E-state index is 15.6. The quantitative estimate of drug-likeness (QED) is 0.109. The highest BCUT2D eigenvalue weighted by atomic mass is 32.1. The summed E-state index contributed by atoms with van der Waals surface area (Å²) in [4.78, 5) is 47.0. The smallest absolute Gasteiger partial charge is 0.313 e. The van der Waals surface area contributed by atoms with Gasteiger partial charge in [-0.2, -0.15) is 0 Å². The number of allylic oxidation sites excluding steroid dienone is 4. The standard InChI is InChI=1S/C52H57NO6S/c1-45(2)48(5)23-26-52(45,59-44(48)57)43(56)53(30-34-14-10-13-32-11-6-8-15-36(32)34)31-50(58)22-19-41-47(50,4)21-18-40-46(3)20-17-35(54)28-49(46)24-25-51(40,41)37(29-49)42(55)39-27-33-12-7-9-16-38(33)60-39/h6-16,24-25,27,29,35,40-41,54,58H,17-23,26,28,30-31H2,1-5H3. The van der Waals surface area contributed by atoms with Crippen molar-refractivity contribution < 1.29 is 29.3 Å². The average molecular weight is 824 g/mol.